The summed E-state index contributed by atoms with van der Waals surface area (Å²) < 4.78 is 0. The molecule has 3 aromatic rings. The maximum absolute atomic E-state index is 13.1. The molecular weight excluding hydrogens is 414 g/mol. The molecule has 0 spiro atoms. The van der Waals surface area contributed by atoms with Gasteiger partial charge in [-0.3, -0.25) is 19.6 Å². The normalized spacial score (nSPS) is 14.6. The van der Waals surface area contributed by atoms with E-state index >= 15 is 0 Å². The smallest absolute Gasteiger partial charge is 0.257 e. The second kappa shape index (κ2) is 10.8. The highest BCUT2D eigenvalue weighted by atomic mass is 16.2. The van der Waals surface area contributed by atoms with Gasteiger partial charge < -0.3 is 15.1 Å². The number of carbonyl (C=O) groups excluding carboxylic acids is 2. The molecule has 1 saturated heterocycles. The first-order valence-electron chi connectivity index (χ1n) is 11.3. The average Bonchev–Trinajstić information content (AvgIpc) is 2.88. The number of nitrogens with one attached hydrogen (secondary N) is 1. The van der Waals surface area contributed by atoms with Gasteiger partial charge in [0.25, 0.3) is 11.8 Å². The lowest BCUT2D eigenvalue weighted by Gasteiger charge is -2.36. The van der Waals surface area contributed by atoms with Crippen LogP contribution in [0.2, 0.25) is 0 Å². The van der Waals surface area contributed by atoms with Gasteiger partial charge in [0.2, 0.25) is 0 Å². The Hall–Kier alpha value is -3.58. The maximum Gasteiger partial charge on any atom is 0.257 e. The number of carbonyl (C=O) groups is 2. The van der Waals surface area contributed by atoms with Crippen molar-refractivity contribution < 1.29 is 9.59 Å². The van der Waals surface area contributed by atoms with Gasteiger partial charge in [0.05, 0.1) is 5.56 Å². The summed E-state index contributed by atoms with van der Waals surface area (Å²) in [6, 6.07) is 16.7. The average molecular weight is 444 g/mol. The molecule has 0 saturated carbocycles. The topological polar surface area (TPSA) is 78.4 Å². The Balaban J connectivity index is 1.30. The van der Waals surface area contributed by atoms with E-state index in [1.807, 2.05) is 30.3 Å². The molecule has 2 amide bonds. The maximum atomic E-state index is 13.1. The Morgan fingerprint density at radius 3 is 2.58 bits per heavy atom. The van der Waals surface area contributed by atoms with Crippen LogP contribution in [0.15, 0.2) is 73.2 Å². The number of amides is 2. The van der Waals surface area contributed by atoms with E-state index in [0.717, 1.165) is 44.6 Å². The summed E-state index contributed by atoms with van der Waals surface area (Å²) >= 11 is 0. The molecule has 1 aliphatic heterocycles. The number of anilines is 1. The quantitative estimate of drug-likeness (QED) is 0.605. The minimum absolute atomic E-state index is 0.0283. The summed E-state index contributed by atoms with van der Waals surface area (Å²) in [6.07, 6.45) is 7.81. The summed E-state index contributed by atoms with van der Waals surface area (Å²) in [5, 5.41) is 2.84. The molecular formula is C26H29N5O2. The Labute approximate surface area is 194 Å². The van der Waals surface area contributed by atoms with Gasteiger partial charge in [0.1, 0.15) is 0 Å². The lowest BCUT2D eigenvalue weighted by atomic mass is 10.0. The number of hydrogen-bond donors (Lipinski definition) is 1. The number of aromatic nitrogens is 2. The van der Waals surface area contributed by atoms with Crippen LogP contribution in [-0.4, -0.2) is 64.3 Å². The second-order valence-electron chi connectivity index (χ2n) is 8.34. The van der Waals surface area contributed by atoms with Crippen molar-refractivity contribution >= 4 is 17.5 Å². The third kappa shape index (κ3) is 6.02. The third-order valence-electron chi connectivity index (χ3n) is 6.13. The van der Waals surface area contributed by atoms with Crippen molar-refractivity contribution in [2.45, 2.75) is 25.3 Å². The molecule has 0 atom stereocenters. The van der Waals surface area contributed by atoms with Crippen molar-refractivity contribution in [3.05, 3.63) is 90.0 Å². The molecule has 170 valence electrons. The minimum atomic E-state index is -0.251. The number of benzene rings is 1. The van der Waals surface area contributed by atoms with Gasteiger partial charge in [-0.05, 0) is 55.3 Å². The van der Waals surface area contributed by atoms with Crippen LogP contribution < -0.4 is 5.32 Å². The number of piperidine rings is 1. The van der Waals surface area contributed by atoms with Crippen LogP contribution in [0.4, 0.5) is 5.69 Å². The van der Waals surface area contributed by atoms with Gasteiger partial charge in [0, 0.05) is 74.7 Å². The zero-order valence-electron chi connectivity index (χ0n) is 18.9. The van der Waals surface area contributed by atoms with E-state index in [0.29, 0.717) is 16.8 Å². The summed E-state index contributed by atoms with van der Waals surface area (Å²) in [7, 11) is 1.87. The van der Waals surface area contributed by atoms with Crippen molar-refractivity contribution in [3.63, 3.8) is 0 Å². The van der Waals surface area contributed by atoms with Gasteiger partial charge in [-0.25, -0.2) is 0 Å². The van der Waals surface area contributed by atoms with E-state index in [1.54, 1.807) is 42.6 Å². The number of hydrogen-bond acceptors (Lipinski definition) is 5. The van der Waals surface area contributed by atoms with Gasteiger partial charge in [-0.2, -0.15) is 0 Å². The van der Waals surface area contributed by atoms with Crippen LogP contribution in [0, 0.1) is 0 Å². The second-order valence-corrected chi connectivity index (χ2v) is 8.34. The monoisotopic (exact) mass is 443 g/mol. The van der Waals surface area contributed by atoms with Crippen molar-refractivity contribution in [2.24, 2.45) is 0 Å². The summed E-state index contributed by atoms with van der Waals surface area (Å²) in [5.41, 5.74) is 2.75. The SMILES string of the molecule is CN(C(=O)c1cccc(NC(=O)c2cccnc2)c1)C1CCN(CCc2ccccn2)CC1. The van der Waals surface area contributed by atoms with E-state index in [2.05, 4.69) is 26.3 Å². The fourth-order valence-electron chi connectivity index (χ4n) is 4.15. The predicted molar refractivity (Wildman–Crippen MR) is 128 cm³/mol. The molecule has 0 aliphatic carbocycles. The molecule has 1 aliphatic rings. The molecule has 7 heteroatoms. The highest BCUT2D eigenvalue weighted by molar-refractivity contribution is 6.04. The van der Waals surface area contributed by atoms with Crippen LogP contribution in [0.5, 0.6) is 0 Å². The van der Waals surface area contributed by atoms with E-state index in [-0.39, 0.29) is 17.9 Å². The largest absolute Gasteiger partial charge is 0.339 e. The van der Waals surface area contributed by atoms with Crippen molar-refractivity contribution in [3.8, 4) is 0 Å². The highest BCUT2D eigenvalue weighted by Crippen LogP contribution is 2.20. The van der Waals surface area contributed by atoms with Crippen molar-refractivity contribution in [1.29, 1.82) is 0 Å². The first-order chi connectivity index (χ1) is 16.1. The highest BCUT2D eigenvalue weighted by Gasteiger charge is 2.26. The molecule has 7 nitrogen and oxygen atoms in total. The number of likely N-dealkylation sites (tertiary alicyclic amines) is 1. The minimum Gasteiger partial charge on any atom is -0.339 e. The van der Waals surface area contributed by atoms with Crippen molar-refractivity contribution in [1.82, 2.24) is 19.8 Å². The molecule has 3 heterocycles. The Morgan fingerprint density at radius 1 is 1.03 bits per heavy atom. The van der Waals surface area contributed by atoms with Crippen LogP contribution >= 0.6 is 0 Å². The summed E-state index contributed by atoms with van der Waals surface area (Å²) in [5.74, 6) is -0.279. The number of rotatable bonds is 7. The predicted octanol–water partition coefficient (Wildman–Crippen LogP) is 3.51. The van der Waals surface area contributed by atoms with E-state index in [1.165, 1.54) is 6.20 Å². The molecule has 1 N–H and O–H groups in total. The Kier molecular flexibility index (Phi) is 7.42. The summed E-state index contributed by atoms with van der Waals surface area (Å²) in [4.78, 5) is 38.2. The molecule has 0 unspecified atom stereocenters. The molecule has 2 aromatic heterocycles. The molecule has 33 heavy (non-hydrogen) atoms. The van der Waals surface area contributed by atoms with Gasteiger partial charge in [-0.1, -0.05) is 12.1 Å². The standard InChI is InChI=1S/C26H29N5O2/c1-30(24-11-16-31(17-12-24)15-10-22-8-2-3-14-28-22)26(33)20-6-4-9-23(18-20)29-25(32)21-7-5-13-27-19-21/h2-9,13-14,18-19,24H,10-12,15-17H2,1H3,(H,29,32). The van der Waals surface area contributed by atoms with E-state index in [4.69, 9.17) is 0 Å². The van der Waals surface area contributed by atoms with Gasteiger partial charge in [-0.15, -0.1) is 0 Å². The van der Waals surface area contributed by atoms with Crippen LogP contribution in [0.1, 0.15) is 39.3 Å². The molecule has 0 radical (unpaired) electrons. The molecule has 0 bridgehead atoms. The van der Waals surface area contributed by atoms with Crippen LogP contribution in [0.25, 0.3) is 0 Å². The van der Waals surface area contributed by atoms with Gasteiger partial charge in [0.15, 0.2) is 0 Å². The van der Waals surface area contributed by atoms with E-state index in [9.17, 15) is 9.59 Å². The molecule has 4 rings (SSSR count). The van der Waals surface area contributed by atoms with E-state index < -0.39 is 0 Å². The van der Waals surface area contributed by atoms with Crippen LogP contribution in [0.3, 0.4) is 0 Å². The van der Waals surface area contributed by atoms with Gasteiger partial charge >= 0.3 is 0 Å². The van der Waals surface area contributed by atoms with Crippen molar-refractivity contribution in [2.75, 3.05) is 32.0 Å². The Bertz CT molecular complexity index is 1070. The molecule has 1 fully saturated rings. The Morgan fingerprint density at radius 2 is 1.85 bits per heavy atom. The zero-order valence-corrected chi connectivity index (χ0v) is 18.9. The zero-order chi connectivity index (χ0) is 23.0. The molecule has 1 aromatic carbocycles. The fraction of sp³-hybridized carbons (Fsp3) is 0.308. The fourth-order valence-corrected chi connectivity index (χ4v) is 4.15. The summed E-state index contributed by atoms with van der Waals surface area (Å²) in [6.45, 7) is 2.92. The first-order valence-corrected chi connectivity index (χ1v) is 11.3. The first kappa shape index (κ1) is 22.6. The lowest BCUT2D eigenvalue weighted by molar-refractivity contribution is 0.0643. The number of nitrogens with zero attached hydrogens (tertiary/aromatic N) is 4. The lowest BCUT2D eigenvalue weighted by Crippen LogP contribution is -2.46. The third-order valence-corrected chi connectivity index (χ3v) is 6.13. The van der Waals surface area contributed by atoms with Crippen LogP contribution in [-0.2, 0) is 6.42 Å². The number of pyridine rings is 2.